The van der Waals surface area contributed by atoms with Crippen LogP contribution in [0.15, 0.2) is 24.7 Å². The Bertz CT molecular complexity index is 941. The van der Waals surface area contributed by atoms with Gasteiger partial charge in [0.1, 0.15) is 5.69 Å². The SMILES string of the molecule is Cc1cnc(C(=O)N2C[C@H](C(=O)NC(C)C)[C@@H](c3ccnc(N4CCCC4)n3)C2)cn1. The fraction of sp³-hybridized carbons (Fsp3) is 0.545. The Kier molecular flexibility index (Phi) is 6.11. The Hall–Kier alpha value is -3.10. The number of amides is 2. The summed E-state index contributed by atoms with van der Waals surface area (Å²) in [6.45, 7) is 8.31. The van der Waals surface area contributed by atoms with Crippen LogP contribution in [0.1, 0.15) is 54.5 Å². The van der Waals surface area contributed by atoms with Gasteiger partial charge in [0.2, 0.25) is 11.9 Å². The molecule has 2 saturated heterocycles. The van der Waals surface area contributed by atoms with Gasteiger partial charge in [0.25, 0.3) is 5.91 Å². The van der Waals surface area contributed by atoms with E-state index in [9.17, 15) is 9.59 Å². The van der Waals surface area contributed by atoms with E-state index < -0.39 is 0 Å². The third kappa shape index (κ3) is 4.65. The Balaban J connectivity index is 1.60. The normalized spacial score (nSPS) is 21.0. The molecule has 31 heavy (non-hydrogen) atoms. The molecule has 2 fully saturated rings. The van der Waals surface area contributed by atoms with Gasteiger partial charge in [-0.3, -0.25) is 14.6 Å². The van der Waals surface area contributed by atoms with E-state index in [1.54, 1.807) is 17.3 Å². The van der Waals surface area contributed by atoms with Gasteiger partial charge in [0, 0.05) is 50.5 Å². The average Bonchev–Trinajstić information content (AvgIpc) is 3.44. The van der Waals surface area contributed by atoms with E-state index in [1.807, 2.05) is 26.8 Å². The van der Waals surface area contributed by atoms with Crippen molar-refractivity contribution in [3.8, 4) is 0 Å². The molecule has 9 heteroatoms. The van der Waals surface area contributed by atoms with Crippen LogP contribution in [0.3, 0.4) is 0 Å². The van der Waals surface area contributed by atoms with E-state index in [0.29, 0.717) is 19.0 Å². The third-order valence-corrected chi connectivity index (χ3v) is 5.81. The van der Waals surface area contributed by atoms with Crippen LogP contribution in [0.25, 0.3) is 0 Å². The molecule has 0 radical (unpaired) electrons. The van der Waals surface area contributed by atoms with Crippen LogP contribution in [0.5, 0.6) is 0 Å². The Labute approximate surface area is 182 Å². The highest BCUT2D eigenvalue weighted by Gasteiger charge is 2.42. The molecule has 4 rings (SSSR count). The monoisotopic (exact) mass is 423 g/mol. The van der Waals surface area contributed by atoms with Crippen molar-refractivity contribution in [3.05, 3.63) is 41.7 Å². The summed E-state index contributed by atoms with van der Waals surface area (Å²) in [7, 11) is 0. The molecule has 2 aromatic rings. The summed E-state index contributed by atoms with van der Waals surface area (Å²) in [6, 6.07) is 1.88. The quantitative estimate of drug-likeness (QED) is 0.778. The zero-order chi connectivity index (χ0) is 22.0. The van der Waals surface area contributed by atoms with Crippen molar-refractivity contribution in [2.75, 3.05) is 31.1 Å². The molecule has 2 aliphatic rings. The van der Waals surface area contributed by atoms with E-state index in [0.717, 1.165) is 37.3 Å². The molecule has 2 atom stereocenters. The van der Waals surface area contributed by atoms with Crippen LogP contribution in [-0.2, 0) is 4.79 Å². The first-order valence-corrected chi connectivity index (χ1v) is 10.9. The number of aromatic nitrogens is 4. The number of hydrogen-bond acceptors (Lipinski definition) is 7. The second kappa shape index (κ2) is 8.95. The molecule has 2 aromatic heterocycles. The lowest BCUT2D eigenvalue weighted by atomic mass is 9.91. The molecule has 0 bridgehead atoms. The molecule has 0 unspecified atom stereocenters. The smallest absolute Gasteiger partial charge is 0.274 e. The van der Waals surface area contributed by atoms with Crippen molar-refractivity contribution in [2.24, 2.45) is 5.92 Å². The van der Waals surface area contributed by atoms with Gasteiger partial charge < -0.3 is 15.1 Å². The standard InChI is InChI=1S/C22H29N7O2/c1-14(2)26-20(30)17-13-29(21(31)19-11-24-15(3)10-25-19)12-16(17)18-6-7-23-22(27-18)28-8-4-5-9-28/h6-7,10-11,14,16-17H,4-5,8-9,12-13H2,1-3H3,(H,26,30)/t16-,17-/m0/s1. The topological polar surface area (TPSA) is 104 Å². The molecule has 1 N–H and O–H groups in total. The number of nitrogens with zero attached hydrogens (tertiary/aromatic N) is 6. The van der Waals surface area contributed by atoms with Crippen LogP contribution in [0, 0.1) is 12.8 Å². The Morgan fingerprint density at radius 1 is 1.10 bits per heavy atom. The summed E-state index contributed by atoms with van der Waals surface area (Å²) in [4.78, 5) is 47.5. The van der Waals surface area contributed by atoms with E-state index in [-0.39, 0.29) is 35.4 Å². The number of likely N-dealkylation sites (tertiary alicyclic amines) is 1. The van der Waals surface area contributed by atoms with Gasteiger partial charge in [-0.05, 0) is 39.7 Å². The van der Waals surface area contributed by atoms with Crippen LogP contribution < -0.4 is 10.2 Å². The maximum atomic E-state index is 13.1. The lowest BCUT2D eigenvalue weighted by Crippen LogP contribution is -2.39. The maximum Gasteiger partial charge on any atom is 0.274 e. The minimum Gasteiger partial charge on any atom is -0.354 e. The van der Waals surface area contributed by atoms with Gasteiger partial charge in [0.05, 0.1) is 23.5 Å². The lowest BCUT2D eigenvalue weighted by molar-refractivity contribution is -0.125. The van der Waals surface area contributed by atoms with Gasteiger partial charge in [-0.2, -0.15) is 0 Å². The van der Waals surface area contributed by atoms with E-state index in [4.69, 9.17) is 4.98 Å². The van der Waals surface area contributed by atoms with Gasteiger partial charge >= 0.3 is 0 Å². The molecule has 0 aromatic carbocycles. The number of hydrogen-bond donors (Lipinski definition) is 1. The molecule has 9 nitrogen and oxygen atoms in total. The molecule has 4 heterocycles. The van der Waals surface area contributed by atoms with Crippen molar-refractivity contribution in [1.82, 2.24) is 30.2 Å². The molecule has 0 aliphatic carbocycles. The lowest BCUT2D eigenvalue weighted by Gasteiger charge is -2.21. The minimum absolute atomic E-state index is 0.0198. The second-order valence-electron chi connectivity index (χ2n) is 8.61. The fourth-order valence-electron chi connectivity index (χ4n) is 4.23. The van der Waals surface area contributed by atoms with Crippen molar-refractivity contribution in [2.45, 2.75) is 45.6 Å². The Morgan fingerprint density at radius 2 is 1.87 bits per heavy atom. The summed E-state index contributed by atoms with van der Waals surface area (Å²) in [5.74, 6) is -0.165. The first kappa shape index (κ1) is 21.1. The van der Waals surface area contributed by atoms with Crippen molar-refractivity contribution in [1.29, 1.82) is 0 Å². The number of carbonyl (C=O) groups excluding carboxylic acids is 2. The zero-order valence-electron chi connectivity index (χ0n) is 18.3. The maximum absolute atomic E-state index is 13.1. The number of carbonyl (C=O) groups is 2. The molecular formula is C22H29N7O2. The molecule has 164 valence electrons. The highest BCUT2D eigenvalue weighted by atomic mass is 16.2. The molecule has 2 amide bonds. The molecule has 0 saturated carbocycles. The summed E-state index contributed by atoms with van der Waals surface area (Å²) in [5, 5.41) is 3.00. The molecule has 2 aliphatic heterocycles. The molecular weight excluding hydrogens is 394 g/mol. The highest BCUT2D eigenvalue weighted by Crippen LogP contribution is 2.33. The van der Waals surface area contributed by atoms with Crippen LogP contribution in [-0.4, -0.2) is 68.9 Å². The highest BCUT2D eigenvalue weighted by molar-refractivity contribution is 5.93. The number of rotatable bonds is 5. The minimum atomic E-state index is -0.383. The van der Waals surface area contributed by atoms with Gasteiger partial charge in [-0.15, -0.1) is 0 Å². The van der Waals surface area contributed by atoms with Crippen LogP contribution in [0.2, 0.25) is 0 Å². The van der Waals surface area contributed by atoms with E-state index in [1.165, 1.54) is 6.20 Å². The number of anilines is 1. The van der Waals surface area contributed by atoms with Crippen LogP contribution in [0.4, 0.5) is 5.95 Å². The number of aryl methyl sites for hydroxylation is 1. The van der Waals surface area contributed by atoms with Crippen molar-refractivity contribution >= 4 is 17.8 Å². The van der Waals surface area contributed by atoms with Crippen molar-refractivity contribution < 1.29 is 9.59 Å². The number of nitrogens with one attached hydrogen (secondary N) is 1. The first-order valence-electron chi connectivity index (χ1n) is 10.9. The fourth-order valence-corrected chi connectivity index (χ4v) is 4.23. The summed E-state index contributed by atoms with van der Waals surface area (Å²) in [5.41, 5.74) is 1.83. The van der Waals surface area contributed by atoms with Crippen molar-refractivity contribution in [3.63, 3.8) is 0 Å². The predicted molar refractivity (Wildman–Crippen MR) is 116 cm³/mol. The molecule has 0 spiro atoms. The van der Waals surface area contributed by atoms with Gasteiger partial charge in [-0.25, -0.2) is 15.0 Å². The van der Waals surface area contributed by atoms with E-state index >= 15 is 0 Å². The summed E-state index contributed by atoms with van der Waals surface area (Å²) < 4.78 is 0. The zero-order valence-corrected chi connectivity index (χ0v) is 18.3. The largest absolute Gasteiger partial charge is 0.354 e. The van der Waals surface area contributed by atoms with Gasteiger partial charge in [0.15, 0.2) is 0 Å². The van der Waals surface area contributed by atoms with Crippen LogP contribution >= 0.6 is 0 Å². The Morgan fingerprint density at radius 3 is 2.55 bits per heavy atom. The summed E-state index contributed by atoms with van der Waals surface area (Å²) in [6.07, 6.45) is 7.09. The van der Waals surface area contributed by atoms with E-state index in [2.05, 4.69) is 25.2 Å². The first-order chi connectivity index (χ1) is 14.9. The average molecular weight is 424 g/mol. The summed E-state index contributed by atoms with van der Waals surface area (Å²) >= 11 is 0. The van der Waals surface area contributed by atoms with Gasteiger partial charge in [-0.1, -0.05) is 0 Å². The second-order valence-corrected chi connectivity index (χ2v) is 8.61. The third-order valence-electron chi connectivity index (χ3n) is 5.81. The predicted octanol–water partition coefficient (Wildman–Crippen LogP) is 1.56.